The highest BCUT2D eigenvalue weighted by molar-refractivity contribution is 7.91. The molecule has 11 heteroatoms. The average Bonchev–Trinajstić information content (AvgIpc) is 2.40. The molecular weight excluding hydrogens is 358 g/mol. The van der Waals surface area contributed by atoms with Crippen molar-refractivity contribution in [3.8, 4) is 0 Å². The SMILES string of the molecule is CCOCCOCCS(=O)(=O)CCC(C)(C)NCl.O=S(=O)=O. The Kier molecular flexibility index (Phi) is 14.4. The van der Waals surface area contributed by atoms with E-state index in [-0.39, 0.29) is 23.7 Å². The second-order valence-electron chi connectivity index (χ2n) is 4.89. The van der Waals surface area contributed by atoms with Crippen LogP contribution in [-0.2, 0) is 29.9 Å². The van der Waals surface area contributed by atoms with Gasteiger partial charge < -0.3 is 9.47 Å². The van der Waals surface area contributed by atoms with Crippen molar-refractivity contribution >= 4 is 32.2 Å². The van der Waals surface area contributed by atoms with Crippen molar-refractivity contribution in [3.63, 3.8) is 0 Å². The molecule has 134 valence electrons. The number of hydrogen-bond acceptors (Lipinski definition) is 8. The fourth-order valence-electron chi connectivity index (χ4n) is 1.11. The van der Waals surface area contributed by atoms with E-state index in [0.717, 1.165) is 0 Å². The van der Waals surface area contributed by atoms with E-state index in [2.05, 4.69) is 4.84 Å². The van der Waals surface area contributed by atoms with Crippen molar-refractivity contribution in [2.45, 2.75) is 32.7 Å². The minimum Gasteiger partial charge on any atom is -0.379 e. The maximum absolute atomic E-state index is 11.7. The Bertz CT molecular complexity index is 469. The summed E-state index contributed by atoms with van der Waals surface area (Å²) in [5.41, 5.74) is -0.384. The second kappa shape index (κ2) is 13.2. The molecule has 0 aromatic carbocycles. The summed E-state index contributed by atoms with van der Waals surface area (Å²) in [6.45, 7) is 7.39. The van der Waals surface area contributed by atoms with Crippen LogP contribution in [0.3, 0.4) is 0 Å². The monoisotopic (exact) mass is 381 g/mol. The normalized spacial score (nSPS) is 11.6. The van der Waals surface area contributed by atoms with Gasteiger partial charge in [0.2, 0.25) is 0 Å². The predicted molar refractivity (Wildman–Crippen MR) is 83.3 cm³/mol. The fourth-order valence-corrected chi connectivity index (χ4v) is 2.60. The minimum absolute atomic E-state index is 0.0392. The molecule has 0 atom stereocenters. The Morgan fingerprint density at radius 3 is 2.00 bits per heavy atom. The van der Waals surface area contributed by atoms with Crippen LogP contribution in [0.15, 0.2) is 0 Å². The van der Waals surface area contributed by atoms with Gasteiger partial charge in [0, 0.05) is 12.1 Å². The van der Waals surface area contributed by atoms with E-state index in [4.69, 9.17) is 33.9 Å². The molecule has 0 aliphatic carbocycles. The molecule has 0 aliphatic rings. The van der Waals surface area contributed by atoms with Gasteiger partial charge in [-0.1, -0.05) is 0 Å². The molecule has 0 spiro atoms. The first-order chi connectivity index (χ1) is 10.1. The molecule has 0 fully saturated rings. The lowest BCUT2D eigenvalue weighted by Gasteiger charge is -2.21. The molecule has 1 N–H and O–H groups in total. The standard InChI is InChI=1S/C11H24ClNO4S.O3S/c1-4-16-6-7-17-8-10-18(14,15)9-5-11(2,3)13-12;1-4(2)3/h13H,4-10H2,1-3H3;. The van der Waals surface area contributed by atoms with E-state index in [1.54, 1.807) is 0 Å². The number of hydrogen-bond donors (Lipinski definition) is 1. The Balaban J connectivity index is 0. The van der Waals surface area contributed by atoms with Gasteiger partial charge in [0.1, 0.15) is 0 Å². The summed E-state index contributed by atoms with van der Waals surface area (Å²) in [6.07, 6.45) is 0.470. The van der Waals surface area contributed by atoms with Gasteiger partial charge in [0.05, 0.1) is 31.3 Å². The molecule has 0 bridgehead atoms. The third-order valence-electron chi connectivity index (χ3n) is 2.41. The quantitative estimate of drug-likeness (QED) is 0.403. The molecule has 0 rings (SSSR count). The van der Waals surface area contributed by atoms with Crippen molar-refractivity contribution in [2.24, 2.45) is 0 Å². The van der Waals surface area contributed by atoms with Gasteiger partial charge in [0.15, 0.2) is 9.84 Å². The van der Waals surface area contributed by atoms with E-state index in [0.29, 0.717) is 26.2 Å². The number of ether oxygens (including phenoxy) is 2. The van der Waals surface area contributed by atoms with Crippen molar-refractivity contribution in [3.05, 3.63) is 0 Å². The molecule has 0 heterocycles. The third-order valence-corrected chi connectivity index (χ3v) is 4.54. The van der Waals surface area contributed by atoms with Crippen LogP contribution in [0.4, 0.5) is 0 Å². The lowest BCUT2D eigenvalue weighted by atomic mass is 10.0. The zero-order valence-corrected chi connectivity index (χ0v) is 15.4. The van der Waals surface area contributed by atoms with Gasteiger partial charge in [-0.05, 0) is 39.0 Å². The van der Waals surface area contributed by atoms with Crippen molar-refractivity contribution < 1.29 is 30.5 Å². The Morgan fingerprint density at radius 2 is 1.55 bits per heavy atom. The van der Waals surface area contributed by atoms with E-state index in [1.807, 2.05) is 20.8 Å². The molecule has 0 saturated heterocycles. The summed E-state index contributed by atoms with van der Waals surface area (Å²) in [4.78, 5) is 2.56. The van der Waals surface area contributed by atoms with Crippen molar-refractivity contribution in [2.75, 3.05) is 37.9 Å². The average molecular weight is 382 g/mol. The highest BCUT2D eigenvalue weighted by Crippen LogP contribution is 2.11. The molecule has 8 nitrogen and oxygen atoms in total. The van der Waals surface area contributed by atoms with Crippen molar-refractivity contribution in [1.82, 2.24) is 4.84 Å². The van der Waals surface area contributed by atoms with E-state index in [9.17, 15) is 8.42 Å². The van der Waals surface area contributed by atoms with Crippen LogP contribution >= 0.6 is 11.8 Å². The van der Waals surface area contributed by atoms with Crippen LogP contribution in [0.1, 0.15) is 27.2 Å². The highest BCUT2D eigenvalue weighted by atomic mass is 35.5. The van der Waals surface area contributed by atoms with Crippen LogP contribution in [0, 0.1) is 0 Å². The summed E-state index contributed by atoms with van der Waals surface area (Å²) >= 11 is 5.51. The molecule has 0 unspecified atom stereocenters. The number of sulfone groups is 1. The summed E-state index contributed by atoms with van der Waals surface area (Å²) in [5.74, 6) is 0.145. The fraction of sp³-hybridized carbons (Fsp3) is 1.00. The molecule has 0 aromatic rings. The van der Waals surface area contributed by atoms with Crippen LogP contribution in [0.2, 0.25) is 0 Å². The third kappa shape index (κ3) is 19.7. The van der Waals surface area contributed by atoms with Crippen LogP contribution in [-0.4, -0.2) is 64.5 Å². The largest absolute Gasteiger partial charge is 0.425 e. The smallest absolute Gasteiger partial charge is 0.379 e. The summed E-state index contributed by atoms with van der Waals surface area (Å²) < 4.78 is 59.0. The first-order valence-electron chi connectivity index (χ1n) is 6.57. The van der Waals surface area contributed by atoms with Crippen molar-refractivity contribution in [1.29, 1.82) is 0 Å². The Labute approximate surface area is 138 Å². The maximum Gasteiger partial charge on any atom is 0.425 e. The Hall–Kier alpha value is -0.260. The minimum atomic E-state index is -3.11. The molecule has 0 amide bonds. The van der Waals surface area contributed by atoms with E-state index < -0.39 is 20.4 Å². The first-order valence-corrected chi connectivity index (χ1v) is 9.76. The van der Waals surface area contributed by atoms with Gasteiger partial charge in [-0.3, -0.25) is 0 Å². The van der Waals surface area contributed by atoms with Crippen LogP contribution in [0.5, 0.6) is 0 Å². The second-order valence-corrected chi connectivity index (χ2v) is 7.79. The molecule has 0 radical (unpaired) electrons. The van der Waals surface area contributed by atoms with Gasteiger partial charge in [-0.2, -0.15) is 0 Å². The topological polar surface area (TPSA) is 116 Å². The molecule has 0 aromatic heterocycles. The summed E-state index contributed by atoms with van der Waals surface area (Å²) in [6, 6.07) is 0. The molecular formula is C11H24ClNO7S2. The number of halogens is 1. The lowest BCUT2D eigenvalue weighted by Crippen LogP contribution is -2.35. The molecule has 22 heavy (non-hydrogen) atoms. The maximum atomic E-state index is 11.7. The van der Waals surface area contributed by atoms with E-state index in [1.165, 1.54) is 0 Å². The van der Waals surface area contributed by atoms with Gasteiger partial charge in [-0.25, -0.2) is 13.3 Å². The highest BCUT2D eigenvalue weighted by Gasteiger charge is 2.20. The summed E-state index contributed by atoms with van der Waals surface area (Å²) in [5, 5.41) is 0. The number of rotatable bonds is 11. The van der Waals surface area contributed by atoms with Gasteiger partial charge in [-0.15, -0.1) is 12.6 Å². The lowest BCUT2D eigenvalue weighted by molar-refractivity contribution is 0.0590. The Morgan fingerprint density at radius 1 is 1.05 bits per heavy atom. The van der Waals surface area contributed by atoms with Crippen LogP contribution in [0.25, 0.3) is 0 Å². The van der Waals surface area contributed by atoms with Gasteiger partial charge in [0.25, 0.3) is 0 Å². The summed E-state index contributed by atoms with van der Waals surface area (Å²) in [7, 11) is -6.19. The molecule has 0 saturated carbocycles. The molecule has 0 aliphatic heterocycles. The zero-order chi connectivity index (χ0) is 17.6. The van der Waals surface area contributed by atoms with E-state index >= 15 is 0 Å². The predicted octanol–water partition coefficient (Wildman–Crippen LogP) is 0.362. The zero-order valence-electron chi connectivity index (χ0n) is 13.0. The first kappa shape index (κ1) is 24.0. The number of nitrogens with one attached hydrogen (secondary N) is 1. The van der Waals surface area contributed by atoms with Crippen LogP contribution < -0.4 is 4.84 Å². The van der Waals surface area contributed by atoms with Gasteiger partial charge >= 0.3 is 10.6 Å².